The number of esters is 1. The first kappa shape index (κ1) is 19.4. The van der Waals surface area contributed by atoms with Crippen molar-refractivity contribution < 1.29 is 23.1 Å². The molecule has 8 heteroatoms. The van der Waals surface area contributed by atoms with Gasteiger partial charge in [0.1, 0.15) is 17.0 Å². The maximum absolute atomic E-state index is 13.5. The fourth-order valence-corrected chi connectivity index (χ4v) is 2.85. The van der Waals surface area contributed by atoms with Crippen LogP contribution in [0.25, 0.3) is 0 Å². The topological polar surface area (TPSA) is 79.2 Å². The molecule has 0 atom stereocenters. The Bertz CT molecular complexity index is 887. The molecule has 0 spiro atoms. The quantitative estimate of drug-likeness (QED) is 0.486. The van der Waals surface area contributed by atoms with Gasteiger partial charge in [-0.3, -0.25) is 4.79 Å². The third-order valence-corrected chi connectivity index (χ3v) is 3.98. The first-order chi connectivity index (χ1) is 12.3. The number of hydrogen-bond donors (Lipinski definition) is 1. The first-order valence-corrected chi connectivity index (χ1v) is 8.22. The molecule has 0 heterocycles. The standard InChI is InChI=1S/C18H14F2N2O3S/c1-10-5-13(26-9-21)6-11(2)17(10)22-16(23)8-25-18(24)14-4-3-12(19)7-15(14)20/h3-7H,8H2,1-2H3,(H,22,23). The number of carbonyl (C=O) groups excluding carboxylic acids is 2. The molecule has 0 bridgehead atoms. The second-order valence-corrected chi connectivity index (χ2v) is 6.23. The van der Waals surface area contributed by atoms with E-state index < -0.39 is 35.7 Å². The summed E-state index contributed by atoms with van der Waals surface area (Å²) in [5.74, 6) is -3.55. The lowest BCUT2D eigenvalue weighted by Gasteiger charge is -2.13. The van der Waals surface area contributed by atoms with Gasteiger partial charge in [0.2, 0.25) is 0 Å². The van der Waals surface area contributed by atoms with Gasteiger partial charge >= 0.3 is 5.97 Å². The Morgan fingerprint density at radius 3 is 2.42 bits per heavy atom. The zero-order valence-electron chi connectivity index (χ0n) is 13.9. The molecule has 0 aromatic heterocycles. The van der Waals surface area contributed by atoms with Crippen LogP contribution in [0, 0.1) is 36.1 Å². The summed E-state index contributed by atoms with van der Waals surface area (Å²) in [6, 6.07) is 5.93. The van der Waals surface area contributed by atoms with Gasteiger partial charge in [-0.2, -0.15) is 5.26 Å². The van der Waals surface area contributed by atoms with Crippen molar-refractivity contribution in [1.29, 1.82) is 5.26 Å². The number of carbonyl (C=O) groups is 2. The van der Waals surface area contributed by atoms with Crippen LogP contribution in [-0.2, 0) is 9.53 Å². The van der Waals surface area contributed by atoms with Crippen molar-refractivity contribution in [1.82, 2.24) is 0 Å². The van der Waals surface area contributed by atoms with E-state index in [1.807, 2.05) is 5.40 Å². The highest BCUT2D eigenvalue weighted by Crippen LogP contribution is 2.27. The van der Waals surface area contributed by atoms with Crippen molar-refractivity contribution in [3.63, 3.8) is 0 Å². The molecule has 5 nitrogen and oxygen atoms in total. The fourth-order valence-electron chi connectivity index (χ4n) is 2.27. The van der Waals surface area contributed by atoms with E-state index in [0.29, 0.717) is 11.8 Å². The maximum atomic E-state index is 13.5. The number of nitrogens with zero attached hydrogens (tertiary/aromatic N) is 1. The van der Waals surface area contributed by atoms with Gasteiger partial charge in [0, 0.05) is 16.6 Å². The summed E-state index contributed by atoms with van der Waals surface area (Å²) in [6.07, 6.45) is 0. The number of thiocyanates is 1. The minimum absolute atomic E-state index is 0.454. The zero-order valence-corrected chi connectivity index (χ0v) is 14.7. The number of nitriles is 1. The molecule has 0 aliphatic carbocycles. The van der Waals surface area contributed by atoms with Crippen molar-refractivity contribution in [2.24, 2.45) is 0 Å². The summed E-state index contributed by atoms with van der Waals surface area (Å²) >= 11 is 1.01. The molecule has 2 rings (SSSR count). The van der Waals surface area contributed by atoms with E-state index >= 15 is 0 Å². The molecule has 134 valence electrons. The minimum Gasteiger partial charge on any atom is -0.452 e. The van der Waals surface area contributed by atoms with Crippen molar-refractivity contribution in [3.05, 3.63) is 58.7 Å². The summed E-state index contributed by atoms with van der Waals surface area (Å²) < 4.78 is 31.1. The second-order valence-electron chi connectivity index (χ2n) is 5.37. The summed E-state index contributed by atoms with van der Waals surface area (Å²) in [7, 11) is 0. The third kappa shape index (κ3) is 4.80. The van der Waals surface area contributed by atoms with E-state index in [-0.39, 0.29) is 0 Å². The Hall–Kier alpha value is -2.92. The molecule has 0 unspecified atom stereocenters. The predicted octanol–water partition coefficient (Wildman–Crippen LogP) is 3.95. The Kier molecular flexibility index (Phi) is 6.31. The van der Waals surface area contributed by atoms with E-state index in [2.05, 4.69) is 5.32 Å². The highest BCUT2D eigenvalue weighted by Gasteiger charge is 2.16. The zero-order chi connectivity index (χ0) is 19.3. The van der Waals surface area contributed by atoms with Crippen molar-refractivity contribution in [2.75, 3.05) is 11.9 Å². The molecule has 1 amide bonds. The lowest BCUT2D eigenvalue weighted by molar-refractivity contribution is -0.119. The number of nitrogens with one attached hydrogen (secondary N) is 1. The maximum Gasteiger partial charge on any atom is 0.341 e. The van der Waals surface area contributed by atoms with Crippen molar-refractivity contribution >= 4 is 29.3 Å². The molecule has 0 aliphatic rings. The van der Waals surface area contributed by atoms with E-state index in [4.69, 9.17) is 10.00 Å². The van der Waals surface area contributed by atoms with E-state index in [1.54, 1.807) is 26.0 Å². The van der Waals surface area contributed by atoms with Crippen LogP contribution in [0.4, 0.5) is 14.5 Å². The van der Waals surface area contributed by atoms with Gasteiger partial charge in [-0.25, -0.2) is 13.6 Å². The van der Waals surface area contributed by atoms with Crippen LogP contribution in [0.2, 0.25) is 0 Å². The van der Waals surface area contributed by atoms with Gasteiger partial charge in [0.25, 0.3) is 5.91 Å². The number of halogens is 2. The van der Waals surface area contributed by atoms with Gasteiger partial charge in [0.15, 0.2) is 6.61 Å². The third-order valence-electron chi connectivity index (χ3n) is 3.42. The average Bonchev–Trinajstić information content (AvgIpc) is 2.56. The number of hydrogen-bond acceptors (Lipinski definition) is 5. The number of ether oxygens (including phenoxy) is 1. The van der Waals surface area contributed by atoms with E-state index in [9.17, 15) is 18.4 Å². The highest BCUT2D eigenvalue weighted by atomic mass is 32.2. The molecule has 0 aliphatic heterocycles. The number of anilines is 1. The Morgan fingerprint density at radius 1 is 1.19 bits per heavy atom. The predicted molar refractivity (Wildman–Crippen MR) is 92.7 cm³/mol. The molecule has 2 aromatic rings. The van der Waals surface area contributed by atoms with Crippen LogP contribution in [0.3, 0.4) is 0 Å². The van der Waals surface area contributed by atoms with Crippen LogP contribution >= 0.6 is 11.8 Å². The van der Waals surface area contributed by atoms with Gasteiger partial charge in [0.05, 0.1) is 5.56 Å². The largest absolute Gasteiger partial charge is 0.452 e. The summed E-state index contributed by atoms with van der Waals surface area (Å²) in [5.41, 5.74) is 1.57. The molecular formula is C18H14F2N2O3S. The summed E-state index contributed by atoms with van der Waals surface area (Å²) in [4.78, 5) is 24.5. The highest BCUT2D eigenvalue weighted by molar-refractivity contribution is 8.03. The monoisotopic (exact) mass is 376 g/mol. The number of thioether (sulfide) groups is 1. The number of benzene rings is 2. The molecule has 0 radical (unpaired) electrons. The molecule has 1 N–H and O–H groups in total. The Morgan fingerprint density at radius 2 is 1.85 bits per heavy atom. The molecule has 2 aromatic carbocycles. The summed E-state index contributed by atoms with van der Waals surface area (Å²) in [5, 5.41) is 13.3. The Balaban J connectivity index is 2.01. The molecule has 0 fully saturated rings. The number of amides is 1. The molecule has 0 saturated carbocycles. The van der Waals surface area contributed by atoms with Crippen LogP contribution in [-0.4, -0.2) is 18.5 Å². The van der Waals surface area contributed by atoms with E-state index in [0.717, 1.165) is 39.9 Å². The van der Waals surface area contributed by atoms with Crippen LogP contribution in [0.5, 0.6) is 0 Å². The van der Waals surface area contributed by atoms with Crippen LogP contribution in [0.1, 0.15) is 21.5 Å². The minimum atomic E-state index is -1.06. The van der Waals surface area contributed by atoms with Gasteiger partial charge in [-0.05, 0) is 61.0 Å². The lowest BCUT2D eigenvalue weighted by atomic mass is 10.1. The first-order valence-electron chi connectivity index (χ1n) is 7.41. The van der Waals surface area contributed by atoms with Gasteiger partial charge in [-0.1, -0.05) is 0 Å². The van der Waals surface area contributed by atoms with Gasteiger partial charge in [-0.15, -0.1) is 0 Å². The normalized spacial score (nSPS) is 10.1. The smallest absolute Gasteiger partial charge is 0.341 e. The second kappa shape index (κ2) is 8.45. The SMILES string of the molecule is Cc1cc(SC#N)cc(C)c1NC(=O)COC(=O)c1ccc(F)cc1F. The van der Waals surface area contributed by atoms with Crippen molar-refractivity contribution in [3.8, 4) is 5.40 Å². The molecular weight excluding hydrogens is 362 g/mol. The van der Waals surface area contributed by atoms with Crippen LogP contribution in [0.15, 0.2) is 35.2 Å². The average molecular weight is 376 g/mol. The summed E-state index contributed by atoms with van der Waals surface area (Å²) in [6.45, 7) is 2.91. The molecule has 26 heavy (non-hydrogen) atoms. The van der Waals surface area contributed by atoms with E-state index in [1.165, 1.54) is 0 Å². The number of aryl methyl sites for hydroxylation is 2. The lowest BCUT2D eigenvalue weighted by Crippen LogP contribution is -2.22. The van der Waals surface area contributed by atoms with Crippen LogP contribution < -0.4 is 5.32 Å². The Labute approximate surface area is 153 Å². The number of rotatable bonds is 5. The fraction of sp³-hybridized carbons (Fsp3) is 0.167. The molecule has 0 saturated heterocycles. The van der Waals surface area contributed by atoms with Gasteiger partial charge < -0.3 is 10.1 Å². The van der Waals surface area contributed by atoms with Crippen molar-refractivity contribution in [2.45, 2.75) is 18.7 Å².